The molecule has 0 atom stereocenters. The van der Waals surface area contributed by atoms with Crippen molar-refractivity contribution in [2.45, 2.75) is 13.3 Å². The molecule has 0 aliphatic heterocycles. The number of esters is 1. The number of halogens is 1. The maximum atomic E-state index is 11.2. The second-order valence-corrected chi connectivity index (χ2v) is 4.35. The molecule has 0 fully saturated rings. The van der Waals surface area contributed by atoms with Crippen molar-refractivity contribution < 1.29 is 9.53 Å². The Morgan fingerprint density at radius 2 is 2.32 bits per heavy atom. The van der Waals surface area contributed by atoms with Crippen LogP contribution in [-0.4, -0.2) is 33.9 Å². The highest BCUT2D eigenvalue weighted by Gasteiger charge is 2.10. The summed E-state index contributed by atoms with van der Waals surface area (Å²) < 4.78 is 6.50. The van der Waals surface area contributed by atoms with Crippen LogP contribution in [0.15, 0.2) is 12.1 Å². The molecule has 0 radical (unpaired) electrons. The SMILES string of the molecule is CCOC(=O)CCNc1nn(C)c2nc(Cl)ccc12. The smallest absolute Gasteiger partial charge is 0.307 e. The molecule has 2 aromatic heterocycles. The Hall–Kier alpha value is -1.82. The summed E-state index contributed by atoms with van der Waals surface area (Å²) in [5.74, 6) is 0.461. The van der Waals surface area contributed by atoms with E-state index >= 15 is 0 Å². The molecule has 0 spiro atoms. The van der Waals surface area contributed by atoms with Gasteiger partial charge in [0.25, 0.3) is 0 Å². The third kappa shape index (κ3) is 3.14. The van der Waals surface area contributed by atoms with Crippen LogP contribution >= 0.6 is 11.6 Å². The normalized spacial score (nSPS) is 10.7. The molecule has 2 rings (SSSR count). The van der Waals surface area contributed by atoms with Crippen molar-refractivity contribution in [2.24, 2.45) is 7.05 Å². The van der Waals surface area contributed by atoms with Crippen LogP contribution in [0.3, 0.4) is 0 Å². The van der Waals surface area contributed by atoms with Crippen LogP contribution < -0.4 is 5.32 Å². The number of fused-ring (bicyclic) bond motifs is 1. The van der Waals surface area contributed by atoms with Crippen LogP contribution in [0.5, 0.6) is 0 Å². The molecule has 0 saturated heterocycles. The Balaban J connectivity index is 2.07. The summed E-state index contributed by atoms with van der Waals surface area (Å²) in [6, 6.07) is 3.56. The quantitative estimate of drug-likeness (QED) is 0.671. The average molecular weight is 283 g/mol. The third-order valence-electron chi connectivity index (χ3n) is 2.58. The molecular formula is C12H15ClN4O2. The number of hydrogen-bond acceptors (Lipinski definition) is 5. The zero-order chi connectivity index (χ0) is 13.8. The van der Waals surface area contributed by atoms with E-state index in [-0.39, 0.29) is 5.97 Å². The molecule has 2 heterocycles. The lowest BCUT2D eigenvalue weighted by atomic mass is 10.3. The minimum absolute atomic E-state index is 0.226. The summed E-state index contributed by atoms with van der Waals surface area (Å²) in [5, 5.41) is 8.70. The molecular weight excluding hydrogens is 268 g/mol. The standard InChI is InChI=1S/C12H15ClN4O2/c1-3-19-10(18)6-7-14-11-8-4-5-9(13)15-12(8)17(2)16-11/h4-5H,3,6-7H2,1-2H3,(H,14,16). The summed E-state index contributed by atoms with van der Waals surface area (Å²) in [4.78, 5) is 15.4. The van der Waals surface area contributed by atoms with E-state index in [0.717, 1.165) is 5.39 Å². The van der Waals surface area contributed by atoms with Gasteiger partial charge >= 0.3 is 5.97 Å². The highest BCUT2D eigenvalue weighted by atomic mass is 35.5. The van der Waals surface area contributed by atoms with Crippen molar-refractivity contribution in [1.82, 2.24) is 14.8 Å². The number of carbonyl (C=O) groups is 1. The minimum atomic E-state index is -0.226. The Kier molecular flexibility index (Phi) is 4.21. The van der Waals surface area contributed by atoms with E-state index in [2.05, 4.69) is 15.4 Å². The summed E-state index contributed by atoms with van der Waals surface area (Å²) in [5.41, 5.74) is 0.700. The van der Waals surface area contributed by atoms with E-state index in [1.807, 2.05) is 6.07 Å². The molecule has 2 aromatic rings. The number of nitrogens with zero attached hydrogens (tertiary/aromatic N) is 3. The fraction of sp³-hybridized carbons (Fsp3) is 0.417. The molecule has 1 N–H and O–H groups in total. The third-order valence-corrected chi connectivity index (χ3v) is 2.79. The second-order valence-electron chi connectivity index (χ2n) is 3.96. The zero-order valence-electron chi connectivity index (χ0n) is 10.8. The molecule has 0 saturated carbocycles. The van der Waals surface area contributed by atoms with Gasteiger partial charge in [0.1, 0.15) is 5.15 Å². The number of pyridine rings is 1. The lowest BCUT2D eigenvalue weighted by molar-refractivity contribution is -0.142. The van der Waals surface area contributed by atoms with E-state index in [1.165, 1.54) is 0 Å². The number of nitrogens with one attached hydrogen (secondary N) is 1. The Bertz CT molecular complexity index is 597. The molecule has 19 heavy (non-hydrogen) atoms. The molecule has 0 aromatic carbocycles. The van der Waals surface area contributed by atoms with Crippen LogP contribution in [0.2, 0.25) is 5.15 Å². The zero-order valence-corrected chi connectivity index (χ0v) is 11.6. The van der Waals surface area contributed by atoms with Gasteiger partial charge < -0.3 is 10.1 Å². The van der Waals surface area contributed by atoms with Gasteiger partial charge in [-0.1, -0.05) is 11.6 Å². The molecule has 102 valence electrons. The summed E-state index contributed by atoms with van der Waals surface area (Å²) in [7, 11) is 1.79. The van der Waals surface area contributed by atoms with Gasteiger partial charge in [-0.3, -0.25) is 4.79 Å². The number of rotatable bonds is 5. The molecule has 0 bridgehead atoms. The van der Waals surface area contributed by atoms with Crippen LogP contribution in [-0.2, 0) is 16.6 Å². The fourth-order valence-electron chi connectivity index (χ4n) is 1.75. The number of ether oxygens (including phenoxy) is 1. The molecule has 0 amide bonds. The number of carbonyl (C=O) groups excluding carboxylic acids is 1. The first kappa shape index (κ1) is 13.6. The van der Waals surface area contributed by atoms with Crippen molar-refractivity contribution in [3.8, 4) is 0 Å². The predicted octanol–water partition coefficient (Wildman–Crippen LogP) is 1.99. The van der Waals surface area contributed by atoms with Gasteiger partial charge in [-0.05, 0) is 19.1 Å². The van der Waals surface area contributed by atoms with Gasteiger partial charge in [0.05, 0.1) is 18.4 Å². The summed E-state index contributed by atoms with van der Waals surface area (Å²) >= 11 is 5.85. The maximum Gasteiger partial charge on any atom is 0.307 e. The minimum Gasteiger partial charge on any atom is -0.466 e. The predicted molar refractivity (Wildman–Crippen MR) is 73.3 cm³/mol. The Morgan fingerprint density at radius 1 is 1.53 bits per heavy atom. The van der Waals surface area contributed by atoms with Crippen LogP contribution in [0, 0.1) is 0 Å². The van der Waals surface area contributed by atoms with Crippen molar-refractivity contribution >= 4 is 34.4 Å². The summed E-state index contributed by atoms with van der Waals surface area (Å²) in [6.45, 7) is 2.65. The van der Waals surface area contributed by atoms with Crippen LogP contribution in [0.25, 0.3) is 11.0 Å². The second kappa shape index (κ2) is 5.88. The van der Waals surface area contributed by atoms with E-state index < -0.39 is 0 Å². The molecule has 0 aliphatic carbocycles. The molecule has 0 aliphatic rings. The van der Waals surface area contributed by atoms with E-state index in [1.54, 1.807) is 24.7 Å². The van der Waals surface area contributed by atoms with Crippen molar-refractivity contribution in [3.05, 3.63) is 17.3 Å². The molecule has 7 heteroatoms. The Labute approximate surface area is 115 Å². The largest absolute Gasteiger partial charge is 0.466 e. The number of aryl methyl sites for hydroxylation is 1. The van der Waals surface area contributed by atoms with E-state index in [9.17, 15) is 4.79 Å². The van der Waals surface area contributed by atoms with Gasteiger partial charge in [0.2, 0.25) is 0 Å². The average Bonchev–Trinajstić information content (AvgIpc) is 2.66. The van der Waals surface area contributed by atoms with Crippen molar-refractivity contribution in [2.75, 3.05) is 18.5 Å². The first-order chi connectivity index (χ1) is 9.11. The van der Waals surface area contributed by atoms with E-state index in [4.69, 9.17) is 16.3 Å². The van der Waals surface area contributed by atoms with E-state index in [0.29, 0.717) is 36.2 Å². The molecule has 6 nitrogen and oxygen atoms in total. The highest BCUT2D eigenvalue weighted by molar-refractivity contribution is 6.29. The fourth-order valence-corrected chi connectivity index (χ4v) is 1.90. The number of anilines is 1. The molecule has 0 unspecified atom stereocenters. The van der Waals surface area contributed by atoms with Gasteiger partial charge in [0, 0.05) is 13.6 Å². The number of aromatic nitrogens is 3. The van der Waals surface area contributed by atoms with Gasteiger partial charge in [-0.25, -0.2) is 9.67 Å². The van der Waals surface area contributed by atoms with Crippen LogP contribution in [0.4, 0.5) is 5.82 Å². The van der Waals surface area contributed by atoms with Gasteiger partial charge in [-0.15, -0.1) is 0 Å². The van der Waals surface area contributed by atoms with Crippen molar-refractivity contribution in [3.63, 3.8) is 0 Å². The highest BCUT2D eigenvalue weighted by Crippen LogP contribution is 2.22. The van der Waals surface area contributed by atoms with Crippen LogP contribution in [0.1, 0.15) is 13.3 Å². The monoisotopic (exact) mass is 282 g/mol. The lowest BCUT2D eigenvalue weighted by Crippen LogP contribution is -2.11. The first-order valence-corrected chi connectivity index (χ1v) is 6.38. The lowest BCUT2D eigenvalue weighted by Gasteiger charge is -2.03. The van der Waals surface area contributed by atoms with Crippen molar-refractivity contribution in [1.29, 1.82) is 0 Å². The van der Waals surface area contributed by atoms with Gasteiger partial charge in [0.15, 0.2) is 11.5 Å². The topological polar surface area (TPSA) is 69.0 Å². The Morgan fingerprint density at radius 3 is 3.05 bits per heavy atom. The van der Waals surface area contributed by atoms with Gasteiger partial charge in [-0.2, -0.15) is 5.10 Å². The first-order valence-electron chi connectivity index (χ1n) is 6.00. The maximum absolute atomic E-state index is 11.2. The number of hydrogen-bond donors (Lipinski definition) is 1. The summed E-state index contributed by atoms with van der Waals surface area (Å²) in [6.07, 6.45) is 0.299.